The molecule has 2 N–H and O–H groups in total. The third-order valence-corrected chi connectivity index (χ3v) is 2.75. The van der Waals surface area contributed by atoms with Crippen LogP contribution < -0.4 is 10.6 Å². The second-order valence-corrected chi connectivity index (χ2v) is 4.32. The lowest BCUT2D eigenvalue weighted by Gasteiger charge is -2.10. The van der Waals surface area contributed by atoms with Crippen LogP contribution >= 0.6 is 0 Å². The van der Waals surface area contributed by atoms with Gasteiger partial charge in [-0.1, -0.05) is 12.1 Å². The number of nitrogens with zero attached hydrogens (tertiary/aromatic N) is 2. The fourth-order valence-electron chi connectivity index (χ4n) is 1.78. The van der Waals surface area contributed by atoms with Crippen LogP contribution in [0.2, 0.25) is 0 Å². The van der Waals surface area contributed by atoms with E-state index in [-0.39, 0.29) is 5.91 Å². The zero-order valence-electron chi connectivity index (χ0n) is 11.2. The average molecular weight is 258 g/mol. The molecule has 0 fully saturated rings. The number of nitrogens with one attached hydrogen (secondary N) is 2. The highest BCUT2D eigenvalue weighted by Crippen LogP contribution is 2.19. The minimum Gasteiger partial charge on any atom is -0.324 e. The maximum absolute atomic E-state index is 11.8. The highest BCUT2D eigenvalue weighted by molar-refractivity contribution is 5.92. The average Bonchev–Trinajstić information content (AvgIpc) is 2.83. The third-order valence-electron chi connectivity index (χ3n) is 2.75. The van der Waals surface area contributed by atoms with Crippen LogP contribution in [0, 0.1) is 6.92 Å². The normalized spacial score (nSPS) is 10.4. The first kappa shape index (κ1) is 13.3. The van der Waals surface area contributed by atoms with E-state index in [1.165, 1.54) is 0 Å². The van der Waals surface area contributed by atoms with Gasteiger partial charge in [0.15, 0.2) is 0 Å². The molecule has 0 bridgehead atoms. The molecule has 0 radical (unpaired) electrons. The number of rotatable bonds is 5. The smallest absolute Gasteiger partial charge is 0.225 e. The Balaban J connectivity index is 2.19. The summed E-state index contributed by atoms with van der Waals surface area (Å²) in [5, 5.41) is 10.2. The Labute approximate surface area is 112 Å². The molecule has 19 heavy (non-hydrogen) atoms. The van der Waals surface area contributed by atoms with Crippen LogP contribution in [-0.2, 0) is 4.79 Å². The summed E-state index contributed by atoms with van der Waals surface area (Å²) in [6.07, 6.45) is 2.33. The van der Waals surface area contributed by atoms with E-state index in [2.05, 4.69) is 15.7 Å². The summed E-state index contributed by atoms with van der Waals surface area (Å²) in [5.74, 6) is -0.00863. The molecule has 1 aromatic carbocycles. The summed E-state index contributed by atoms with van der Waals surface area (Å²) < 4.78 is 1.77. The van der Waals surface area contributed by atoms with Crippen LogP contribution in [0.5, 0.6) is 0 Å². The topological polar surface area (TPSA) is 59.0 Å². The zero-order valence-corrected chi connectivity index (χ0v) is 11.2. The standard InChI is InChI=1S/C14H18N4O/c1-11-8-10-18(17-11)13-6-4-3-5-12(13)16-14(19)7-9-15-2/h3-6,8,10,15H,7,9H2,1-2H3,(H,16,19). The molecule has 1 heterocycles. The molecule has 0 atom stereocenters. The van der Waals surface area contributed by atoms with E-state index in [1.807, 2.05) is 50.5 Å². The second-order valence-electron chi connectivity index (χ2n) is 4.32. The highest BCUT2D eigenvalue weighted by Gasteiger charge is 2.08. The summed E-state index contributed by atoms with van der Waals surface area (Å²) in [7, 11) is 1.83. The first-order valence-corrected chi connectivity index (χ1v) is 6.27. The molecule has 0 spiro atoms. The fraction of sp³-hybridized carbons (Fsp3) is 0.286. The lowest BCUT2D eigenvalue weighted by Crippen LogP contribution is -2.19. The Morgan fingerprint density at radius 2 is 2.11 bits per heavy atom. The number of aryl methyl sites for hydroxylation is 1. The van der Waals surface area contributed by atoms with Gasteiger partial charge in [0.05, 0.1) is 17.1 Å². The first-order valence-electron chi connectivity index (χ1n) is 6.27. The molecule has 0 unspecified atom stereocenters. The zero-order chi connectivity index (χ0) is 13.7. The van der Waals surface area contributed by atoms with E-state index in [0.717, 1.165) is 17.1 Å². The van der Waals surface area contributed by atoms with Gasteiger partial charge in [-0.25, -0.2) is 4.68 Å². The third kappa shape index (κ3) is 3.42. The van der Waals surface area contributed by atoms with Gasteiger partial charge in [0, 0.05) is 19.2 Å². The van der Waals surface area contributed by atoms with Crippen molar-refractivity contribution in [3.8, 4) is 5.69 Å². The molecule has 2 aromatic rings. The van der Waals surface area contributed by atoms with Crippen molar-refractivity contribution in [2.75, 3.05) is 18.9 Å². The van der Waals surface area contributed by atoms with Crippen LogP contribution in [0.1, 0.15) is 12.1 Å². The number of aromatic nitrogens is 2. The number of hydrogen-bond acceptors (Lipinski definition) is 3. The summed E-state index contributed by atoms with van der Waals surface area (Å²) in [4.78, 5) is 11.8. The van der Waals surface area contributed by atoms with Gasteiger partial charge >= 0.3 is 0 Å². The number of carbonyl (C=O) groups excluding carboxylic acids is 1. The van der Waals surface area contributed by atoms with Crippen LogP contribution in [-0.4, -0.2) is 29.3 Å². The van der Waals surface area contributed by atoms with Crippen LogP contribution in [0.15, 0.2) is 36.5 Å². The fourth-order valence-corrected chi connectivity index (χ4v) is 1.78. The van der Waals surface area contributed by atoms with E-state index < -0.39 is 0 Å². The lowest BCUT2D eigenvalue weighted by atomic mass is 10.2. The van der Waals surface area contributed by atoms with Crippen molar-refractivity contribution in [1.29, 1.82) is 0 Å². The Kier molecular flexibility index (Phi) is 4.30. The monoisotopic (exact) mass is 258 g/mol. The van der Waals surface area contributed by atoms with Gasteiger partial charge in [-0.15, -0.1) is 0 Å². The van der Waals surface area contributed by atoms with Gasteiger partial charge in [-0.3, -0.25) is 4.79 Å². The van der Waals surface area contributed by atoms with Gasteiger partial charge in [0.1, 0.15) is 0 Å². The number of para-hydroxylation sites is 2. The first-order chi connectivity index (χ1) is 9.20. The second kappa shape index (κ2) is 6.15. The summed E-state index contributed by atoms with van der Waals surface area (Å²) in [6.45, 7) is 2.60. The quantitative estimate of drug-likeness (QED) is 0.858. The largest absolute Gasteiger partial charge is 0.324 e. The Hall–Kier alpha value is -2.14. The Morgan fingerprint density at radius 3 is 2.79 bits per heavy atom. The van der Waals surface area contributed by atoms with E-state index in [4.69, 9.17) is 0 Å². The molecular weight excluding hydrogens is 240 g/mol. The number of amides is 1. The molecule has 5 heteroatoms. The van der Waals surface area contributed by atoms with E-state index in [1.54, 1.807) is 4.68 Å². The van der Waals surface area contributed by atoms with Crippen molar-refractivity contribution in [1.82, 2.24) is 15.1 Å². The molecule has 0 aliphatic heterocycles. The molecule has 5 nitrogen and oxygen atoms in total. The molecular formula is C14H18N4O. The predicted molar refractivity (Wildman–Crippen MR) is 75.5 cm³/mol. The van der Waals surface area contributed by atoms with Crippen molar-refractivity contribution in [2.24, 2.45) is 0 Å². The molecule has 0 saturated heterocycles. The minimum absolute atomic E-state index is 0.00863. The molecule has 0 aliphatic carbocycles. The molecule has 1 amide bonds. The SMILES string of the molecule is CNCCC(=O)Nc1ccccc1-n1ccc(C)n1. The van der Waals surface area contributed by atoms with Crippen LogP contribution in [0.25, 0.3) is 5.69 Å². The molecule has 100 valence electrons. The summed E-state index contributed by atoms with van der Waals surface area (Å²) in [6, 6.07) is 9.56. The molecule has 0 saturated carbocycles. The van der Waals surface area contributed by atoms with Gasteiger partial charge in [0.25, 0.3) is 0 Å². The Bertz CT molecular complexity index is 562. The molecule has 1 aromatic heterocycles. The molecule has 0 aliphatic rings. The number of benzene rings is 1. The van der Waals surface area contributed by atoms with E-state index in [9.17, 15) is 4.79 Å². The van der Waals surface area contributed by atoms with Crippen molar-refractivity contribution in [2.45, 2.75) is 13.3 Å². The minimum atomic E-state index is -0.00863. The predicted octanol–water partition coefficient (Wildman–Crippen LogP) is 1.73. The van der Waals surface area contributed by atoms with Crippen molar-refractivity contribution < 1.29 is 4.79 Å². The summed E-state index contributed by atoms with van der Waals surface area (Å²) in [5.41, 5.74) is 2.58. The number of carbonyl (C=O) groups is 1. The van der Waals surface area contributed by atoms with E-state index in [0.29, 0.717) is 13.0 Å². The van der Waals surface area contributed by atoms with Crippen molar-refractivity contribution >= 4 is 11.6 Å². The van der Waals surface area contributed by atoms with E-state index >= 15 is 0 Å². The maximum Gasteiger partial charge on any atom is 0.225 e. The highest BCUT2D eigenvalue weighted by atomic mass is 16.1. The van der Waals surface area contributed by atoms with Crippen LogP contribution in [0.4, 0.5) is 5.69 Å². The van der Waals surface area contributed by atoms with Crippen molar-refractivity contribution in [3.05, 3.63) is 42.2 Å². The van der Waals surface area contributed by atoms with Crippen molar-refractivity contribution in [3.63, 3.8) is 0 Å². The van der Waals surface area contributed by atoms with Gasteiger partial charge in [-0.05, 0) is 32.2 Å². The van der Waals surface area contributed by atoms with Gasteiger partial charge in [0.2, 0.25) is 5.91 Å². The van der Waals surface area contributed by atoms with Crippen LogP contribution in [0.3, 0.4) is 0 Å². The Morgan fingerprint density at radius 1 is 1.32 bits per heavy atom. The molecule has 2 rings (SSSR count). The lowest BCUT2D eigenvalue weighted by molar-refractivity contribution is -0.116. The maximum atomic E-state index is 11.8. The van der Waals surface area contributed by atoms with Gasteiger partial charge < -0.3 is 10.6 Å². The summed E-state index contributed by atoms with van der Waals surface area (Å²) >= 11 is 0. The van der Waals surface area contributed by atoms with Gasteiger partial charge in [-0.2, -0.15) is 5.10 Å². The number of anilines is 1. The number of hydrogen-bond donors (Lipinski definition) is 2.